The first-order chi connectivity index (χ1) is 10.0. The molecule has 2 rings (SSSR count). The van der Waals surface area contributed by atoms with Gasteiger partial charge in [-0.3, -0.25) is 4.79 Å². The van der Waals surface area contributed by atoms with Crippen molar-refractivity contribution in [2.75, 3.05) is 17.2 Å². The molecule has 21 heavy (non-hydrogen) atoms. The first-order valence-electron chi connectivity index (χ1n) is 6.80. The maximum absolute atomic E-state index is 12.5. The summed E-state index contributed by atoms with van der Waals surface area (Å²) in [7, 11) is 0. The maximum Gasteiger partial charge on any atom is 0.258 e. The minimum Gasteiger partial charge on any atom is -0.385 e. The Bertz CT molecular complexity index is 671. The van der Waals surface area contributed by atoms with E-state index in [-0.39, 0.29) is 5.91 Å². The summed E-state index contributed by atoms with van der Waals surface area (Å²) in [6, 6.07) is 9.43. The second-order valence-corrected chi connectivity index (χ2v) is 5.65. The van der Waals surface area contributed by atoms with Crippen molar-refractivity contribution in [2.24, 2.45) is 0 Å². The van der Waals surface area contributed by atoms with Gasteiger partial charge in [-0.2, -0.15) is 0 Å². The number of aryl methyl sites for hydroxylation is 2. The average molecular weight is 348 g/mol. The van der Waals surface area contributed by atoms with Crippen molar-refractivity contribution in [1.29, 1.82) is 0 Å². The SMILES string of the molecule is CCNc1ccc(C)cc1C(=O)Nc1ccc(Br)c(C)n1. The van der Waals surface area contributed by atoms with E-state index in [2.05, 4.69) is 31.5 Å². The predicted molar refractivity (Wildman–Crippen MR) is 90.0 cm³/mol. The van der Waals surface area contributed by atoms with Crippen LogP contribution in [0.1, 0.15) is 28.5 Å². The van der Waals surface area contributed by atoms with Gasteiger partial charge in [-0.05, 0) is 61.0 Å². The van der Waals surface area contributed by atoms with Crippen LogP contribution in [-0.2, 0) is 0 Å². The first kappa shape index (κ1) is 15.5. The largest absolute Gasteiger partial charge is 0.385 e. The Morgan fingerprint density at radius 2 is 2.00 bits per heavy atom. The van der Waals surface area contributed by atoms with E-state index in [0.717, 1.165) is 28.0 Å². The van der Waals surface area contributed by atoms with Crippen LogP contribution >= 0.6 is 15.9 Å². The molecule has 5 heteroatoms. The summed E-state index contributed by atoms with van der Waals surface area (Å²) >= 11 is 3.40. The number of amides is 1. The van der Waals surface area contributed by atoms with E-state index in [1.165, 1.54) is 0 Å². The Labute approximate surface area is 133 Å². The molecular formula is C16H18BrN3O. The van der Waals surface area contributed by atoms with Gasteiger partial charge in [-0.15, -0.1) is 0 Å². The number of aromatic nitrogens is 1. The molecule has 0 aliphatic carbocycles. The van der Waals surface area contributed by atoms with Gasteiger partial charge >= 0.3 is 0 Å². The van der Waals surface area contributed by atoms with Gasteiger partial charge in [-0.25, -0.2) is 4.98 Å². The number of carbonyl (C=O) groups is 1. The van der Waals surface area contributed by atoms with E-state index in [1.807, 2.05) is 45.0 Å². The lowest BCUT2D eigenvalue weighted by Crippen LogP contribution is -2.16. The number of hydrogen-bond donors (Lipinski definition) is 2. The summed E-state index contributed by atoms with van der Waals surface area (Å²) in [6.45, 7) is 6.62. The molecular weight excluding hydrogens is 330 g/mol. The lowest BCUT2D eigenvalue weighted by atomic mass is 10.1. The number of rotatable bonds is 4. The second kappa shape index (κ2) is 6.72. The third-order valence-electron chi connectivity index (χ3n) is 3.05. The van der Waals surface area contributed by atoms with Gasteiger partial charge in [0.2, 0.25) is 0 Å². The topological polar surface area (TPSA) is 54.0 Å². The molecule has 0 aliphatic rings. The van der Waals surface area contributed by atoms with Crippen LogP contribution in [0.25, 0.3) is 0 Å². The normalized spacial score (nSPS) is 10.3. The van der Waals surface area contributed by atoms with E-state index in [9.17, 15) is 4.79 Å². The zero-order valence-corrected chi connectivity index (χ0v) is 13.9. The van der Waals surface area contributed by atoms with Crippen molar-refractivity contribution in [2.45, 2.75) is 20.8 Å². The van der Waals surface area contributed by atoms with Gasteiger partial charge in [0.25, 0.3) is 5.91 Å². The third-order valence-corrected chi connectivity index (χ3v) is 3.89. The molecule has 0 saturated heterocycles. The quantitative estimate of drug-likeness (QED) is 0.873. The molecule has 4 nitrogen and oxygen atoms in total. The number of pyridine rings is 1. The number of anilines is 2. The highest BCUT2D eigenvalue weighted by Crippen LogP contribution is 2.20. The van der Waals surface area contributed by atoms with E-state index in [1.54, 1.807) is 6.07 Å². The summed E-state index contributed by atoms with van der Waals surface area (Å²) in [5.41, 5.74) is 3.33. The fourth-order valence-corrected chi connectivity index (χ4v) is 2.21. The molecule has 0 unspecified atom stereocenters. The van der Waals surface area contributed by atoms with Gasteiger partial charge in [0.1, 0.15) is 5.82 Å². The Morgan fingerprint density at radius 1 is 1.24 bits per heavy atom. The van der Waals surface area contributed by atoms with Crippen molar-refractivity contribution in [3.8, 4) is 0 Å². The van der Waals surface area contributed by atoms with Crippen LogP contribution in [0.2, 0.25) is 0 Å². The van der Waals surface area contributed by atoms with E-state index in [4.69, 9.17) is 0 Å². The smallest absolute Gasteiger partial charge is 0.258 e. The zero-order valence-electron chi connectivity index (χ0n) is 12.3. The van der Waals surface area contributed by atoms with Crippen molar-refractivity contribution in [1.82, 2.24) is 4.98 Å². The molecule has 0 spiro atoms. The highest BCUT2D eigenvalue weighted by Gasteiger charge is 2.12. The molecule has 0 radical (unpaired) electrons. The van der Waals surface area contributed by atoms with Crippen molar-refractivity contribution < 1.29 is 4.79 Å². The van der Waals surface area contributed by atoms with E-state index >= 15 is 0 Å². The predicted octanol–water partition coefficient (Wildman–Crippen LogP) is 4.15. The molecule has 0 aliphatic heterocycles. The van der Waals surface area contributed by atoms with Gasteiger partial charge in [0, 0.05) is 16.7 Å². The van der Waals surface area contributed by atoms with E-state index < -0.39 is 0 Å². The molecule has 1 aromatic carbocycles. The molecule has 0 atom stereocenters. The molecule has 1 heterocycles. The number of benzene rings is 1. The van der Waals surface area contributed by atoms with Crippen LogP contribution in [0, 0.1) is 13.8 Å². The number of carbonyl (C=O) groups excluding carboxylic acids is 1. The van der Waals surface area contributed by atoms with Crippen molar-refractivity contribution in [3.63, 3.8) is 0 Å². The fraction of sp³-hybridized carbons (Fsp3) is 0.250. The van der Waals surface area contributed by atoms with Crippen LogP contribution in [0.15, 0.2) is 34.8 Å². The molecule has 2 N–H and O–H groups in total. The van der Waals surface area contributed by atoms with Crippen LogP contribution < -0.4 is 10.6 Å². The number of halogens is 1. The Hall–Kier alpha value is -1.88. The van der Waals surface area contributed by atoms with Gasteiger partial charge in [0.05, 0.1) is 11.3 Å². The first-order valence-corrected chi connectivity index (χ1v) is 7.59. The third kappa shape index (κ3) is 3.82. The van der Waals surface area contributed by atoms with Crippen LogP contribution in [0.5, 0.6) is 0 Å². The number of nitrogens with zero attached hydrogens (tertiary/aromatic N) is 1. The Kier molecular flexibility index (Phi) is 4.96. The maximum atomic E-state index is 12.5. The molecule has 1 aromatic heterocycles. The van der Waals surface area contributed by atoms with Crippen molar-refractivity contribution >= 4 is 33.3 Å². The summed E-state index contributed by atoms with van der Waals surface area (Å²) in [5, 5.41) is 6.04. The molecule has 110 valence electrons. The molecule has 1 amide bonds. The molecule has 2 aromatic rings. The van der Waals surface area contributed by atoms with E-state index in [0.29, 0.717) is 11.4 Å². The minimum absolute atomic E-state index is 0.163. The van der Waals surface area contributed by atoms with Gasteiger partial charge < -0.3 is 10.6 Å². The van der Waals surface area contributed by atoms with Crippen LogP contribution in [0.3, 0.4) is 0 Å². The summed E-state index contributed by atoms with van der Waals surface area (Å²) in [4.78, 5) is 16.8. The monoisotopic (exact) mass is 347 g/mol. The molecule has 0 bridgehead atoms. The number of nitrogens with one attached hydrogen (secondary N) is 2. The summed E-state index contributed by atoms with van der Waals surface area (Å²) < 4.78 is 0.921. The zero-order chi connectivity index (χ0) is 15.4. The van der Waals surface area contributed by atoms with Gasteiger partial charge in [-0.1, -0.05) is 11.6 Å². The van der Waals surface area contributed by atoms with Crippen LogP contribution in [0.4, 0.5) is 11.5 Å². The lowest BCUT2D eigenvalue weighted by molar-refractivity contribution is 0.102. The molecule has 0 saturated carbocycles. The Balaban J connectivity index is 2.27. The number of hydrogen-bond acceptors (Lipinski definition) is 3. The lowest BCUT2D eigenvalue weighted by Gasteiger charge is -2.12. The standard InChI is InChI=1S/C16H18BrN3O/c1-4-18-14-7-5-10(2)9-12(14)16(21)20-15-8-6-13(17)11(3)19-15/h5-9,18H,4H2,1-3H3,(H,19,20,21). The summed E-state index contributed by atoms with van der Waals surface area (Å²) in [5.74, 6) is 0.383. The highest BCUT2D eigenvalue weighted by atomic mass is 79.9. The summed E-state index contributed by atoms with van der Waals surface area (Å²) in [6.07, 6.45) is 0. The van der Waals surface area contributed by atoms with Crippen LogP contribution in [-0.4, -0.2) is 17.4 Å². The highest BCUT2D eigenvalue weighted by molar-refractivity contribution is 9.10. The Morgan fingerprint density at radius 3 is 2.67 bits per heavy atom. The fourth-order valence-electron chi connectivity index (χ4n) is 1.99. The molecule has 0 fully saturated rings. The van der Waals surface area contributed by atoms with Crippen molar-refractivity contribution in [3.05, 3.63) is 51.6 Å². The second-order valence-electron chi connectivity index (χ2n) is 4.80. The minimum atomic E-state index is -0.163. The van der Waals surface area contributed by atoms with Gasteiger partial charge in [0.15, 0.2) is 0 Å². The average Bonchev–Trinajstić information content (AvgIpc) is 2.45.